The SMILES string of the molecule is O=C(CC1COCCN1)NC1(c2ccccc2F)CC1. The van der Waals surface area contributed by atoms with Crippen LogP contribution in [0.15, 0.2) is 24.3 Å². The lowest BCUT2D eigenvalue weighted by molar-refractivity contribution is -0.123. The number of ether oxygens (including phenoxy) is 1. The first-order chi connectivity index (χ1) is 9.70. The monoisotopic (exact) mass is 278 g/mol. The normalized spacial score (nSPS) is 24.1. The Morgan fingerprint density at radius 2 is 2.25 bits per heavy atom. The number of carbonyl (C=O) groups is 1. The Hall–Kier alpha value is -1.46. The number of morpholine rings is 1. The van der Waals surface area contributed by atoms with E-state index in [2.05, 4.69) is 10.6 Å². The Kier molecular flexibility index (Phi) is 3.72. The van der Waals surface area contributed by atoms with E-state index in [0.717, 1.165) is 19.4 Å². The number of carbonyl (C=O) groups excluding carboxylic acids is 1. The van der Waals surface area contributed by atoms with Crippen LogP contribution in [0.25, 0.3) is 0 Å². The van der Waals surface area contributed by atoms with E-state index < -0.39 is 5.54 Å². The molecular formula is C15H19FN2O2. The molecule has 1 aromatic rings. The average Bonchev–Trinajstić information content (AvgIpc) is 3.20. The molecular weight excluding hydrogens is 259 g/mol. The number of benzene rings is 1. The Morgan fingerprint density at radius 1 is 1.45 bits per heavy atom. The van der Waals surface area contributed by atoms with Gasteiger partial charge < -0.3 is 15.4 Å². The second kappa shape index (κ2) is 5.50. The Bertz CT molecular complexity index is 496. The van der Waals surface area contributed by atoms with E-state index in [0.29, 0.717) is 25.2 Å². The molecule has 1 aromatic carbocycles. The molecule has 1 saturated heterocycles. The van der Waals surface area contributed by atoms with Gasteiger partial charge in [0.15, 0.2) is 0 Å². The van der Waals surface area contributed by atoms with Crippen molar-refractivity contribution in [2.45, 2.75) is 30.8 Å². The summed E-state index contributed by atoms with van der Waals surface area (Å²) in [5.74, 6) is -0.293. The summed E-state index contributed by atoms with van der Waals surface area (Å²) in [5.41, 5.74) is 0.110. The van der Waals surface area contributed by atoms with Crippen molar-refractivity contribution in [3.63, 3.8) is 0 Å². The molecule has 108 valence electrons. The molecule has 0 bridgehead atoms. The number of hydrogen-bond donors (Lipinski definition) is 2. The second-order valence-corrected chi connectivity index (χ2v) is 5.54. The summed E-state index contributed by atoms with van der Waals surface area (Å²) >= 11 is 0. The fourth-order valence-electron chi connectivity index (χ4n) is 2.73. The average molecular weight is 278 g/mol. The summed E-state index contributed by atoms with van der Waals surface area (Å²) in [7, 11) is 0. The van der Waals surface area contributed by atoms with E-state index in [1.807, 2.05) is 0 Å². The minimum absolute atomic E-state index is 0.0475. The summed E-state index contributed by atoms with van der Waals surface area (Å²) in [6, 6.07) is 6.73. The number of amides is 1. The summed E-state index contributed by atoms with van der Waals surface area (Å²) in [4.78, 5) is 12.1. The van der Waals surface area contributed by atoms with Gasteiger partial charge in [0.25, 0.3) is 0 Å². The molecule has 0 spiro atoms. The molecule has 1 aliphatic carbocycles. The molecule has 4 nitrogen and oxygen atoms in total. The zero-order valence-electron chi connectivity index (χ0n) is 11.3. The number of hydrogen-bond acceptors (Lipinski definition) is 3. The lowest BCUT2D eigenvalue weighted by atomic mass is 10.0. The Labute approximate surface area is 117 Å². The molecule has 1 heterocycles. The lowest BCUT2D eigenvalue weighted by Gasteiger charge is -2.25. The van der Waals surface area contributed by atoms with Crippen molar-refractivity contribution >= 4 is 5.91 Å². The van der Waals surface area contributed by atoms with Crippen LogP contribution >= 0.6 is 0 Å². The smallest absolute Gasteiger partial charge is 0.222 e. The fraction of sp³-hybridized carbons (Fsp3) is 0.533. The minimum Gasteiger partial charge on any atom is -0.378 e. The molecule has 1 unspecified atom stereocenters. The largest absolute Gasteiger partial charge is 0.378 e. The van der Waals surface area contributed by atoms with Crippen molar-refractivity contribution < 1.29 is 13.9 Å². The second-order valence-electron chi connectivity index (χ2n) is 5.54. The van der Waals surface area contributed by atoms with Crippen molar-refractivity contribution in [3.05, 3.63) is 35.6 Å². The molecule has 2 N–H and O–H groups in total. The third kappa shape index (κ3) is 2.83. The maximum Gasteiger partial charge on any atom is 0.222 e. The van der Waals surface area contributed by atoms with Gasteiger partial charge >= 0.3 is 0 Å². The van der Waals surface area contributed by atoms with Crippen LogP contribution in [0.5, 0.6) is 0 Å². The zero-order valence-corrected chi connectivity index (χ0v) is 11.3. The van der Waals surface area contributed by atoms with Gasteiger partial charge in [-0.15, -0.1) is 0 Å². The predicted molar refractivity (Wildman–Crippen MR) is 72.7 cm³/mol. The van der Waals surface area contributed by atoms with E-state index in [-0.39, 0.29) is 17.8 Å². The van der Waals surface area contributed by atoms with Gasteiger partial charge in [-0.05, 0) is 18.9 Å². The first-order valence-electron chi connectivity index (χ1n) is 7.07. The summed E-state index contributed by atoms with van der Waals surface area (Å²) in [6.45, 7) is 2.02. The van der Waals surface area contributed by atoms with Crippen molar-refractivity contribution in [3.8, 4) is 0 Å². The van der Waals surface area contributed by atoms with E-state index in [9.17, 15) is 9.18 Å². The van der Waals surface area contributed by atoms with E-state index in [4.69, 9.17) is 4.74 Å². The Balaban J connectivity index is 1.62. The summed E-state index contributed by atoms with van der Waals surface area (Å²) < 4.78 is 19.2. The first kappa shape index (κ1) is 13.5. The minimum atomic E-state index is -0.488. The maximum absolute atomic E-state index is 13.9. The van der Waals surface area contributed by atoms with Crippen molar-refractivity contribution in [2.75, 3.05) is 19.8 Å². The van der Waals surface area contributed by atoms with Crippen LogP contribution in [0, 0.1) is 5.82 Å². The van der Waals surface area contributed by atoms with Gasteiger partial charge in [-0.3, -0.25) is 4.79 Å². The van der Waals surface area contributed by atoms with Crippen LogP contribution in [-0.2, 0) is 15.1 Å². The van der Waals surface area contributed by atoms with Gasteiger partial charge in [0.05, 0.1) is 18.8 Å². The molecule has 3 rings (SSSR count). The van der Waals surface area contributed by atoms with Crippen LogP contribution in [0.2, 0.25) is 0 Å². The highest BCUT2D eigenvalue weighted by Gasteiger charge is 2.47. The van der Waals surface area contributed by atoms with E-state index in [1.54, 1.807) is 18.2 Å². The molecule has 1 atom stereocenters. The third-order valence-electron chi connectivity index (χ3n) is 3.95. The maximum atomic E-state index is 13.9. The fourth-order valence-corrected chi connectivity index (χ4v) is 2.73. The lowest BCUT2D eigenvalue weighted by Crippen LogP contribution is -2.46. The Morgan fingerprint density at radius 3 is 2.90 bits per heavy atom. The summed E-state index contributed by atoms with van der Waals surface area (Å²) in [5, 5.41) is 6.24. The van der Waals surface area contributed by atoms with E-state index in [1.165, 1.54) is 6.07 Å². The van der Waals surface area contributed by atoms with Gasteiger partial charge in [0.2, 0.25) is 5.91 Å². The molecule has 20 heavy (non-hydrogen) atoms. The van der Waals surface area contributed by atoms with Crippen LogP contribution in [0.1, 0.15) is 24.8 Å². The number of nitrogens with one attached hydrogen (secondary N) is 2. The van der Waals surface area contributed by atoms with Gasteiger partial charge in [-0.2, -0.15) is 0 Å². The molecule has 0 aromatic heterocycles. The number of halogens is 1. The van der Waals surface area contributed by atoms with Gasteiger partial charge in [-0.25, -0.2) is 4.39 Å². The van der Waals surface area contributed by atoms with Crippen LogP contribution < -0.4 is 10.6 Å². The molecule has 1 aliphatic heterocycles. The van der Waals surface area contributed by atoms with Crippen LogP contribution in [-0.4, -0.2) is 31.7 Å². The standard InChI is InChI=1S/C15H19FN2O2/c16-13-4-2-1-3-12(13)15(5-6-15)18-14(19)9-11-10-20-8-7-17-11/h1-4,11,17H,5-10H2,(H,18,19). The molecule has 1 amide bonds. The molecule has 2 fully saturated rings. The van der Waals surface area contributed by atoms with Gasteiger partial charge in [0, 0.05) is 24.6 Å². The highest BCUT2D eigenvalue weighted by atomic mass is 19.1. The zero-order chi connectivity index (χ0) is 14.0. The molecule has 5 heteroatoms. The summed E-state index contributed by atoms with van der Waals surface area (Å²) in [6.07, 6.45) is 1.97. The van der Waals surface area contributed by atoms with Crippen LogP contribution in [0.3, 0.4) is 0 Å². The topological polar surface area (TPSA) is 50.4 Å². The molecule has 0 radical (unpaired) electrons. The van der Waals surface area contributed by atoms with E-state index >= 15 is 0 Å². The molecule has 1 saturated carbocycles. The van der Waals surface area contributed by atoms with Gasteiger partial charge in [-0.1, -0.05) is 18.2 Å². The van der Waals surface area contributed by atoms with Crippen molar-refractivity contribution in [2.24, 2.45) is 0 Å². The van der Waals surface area contributed by atoms with Crippen molar-refractivity contribution in [1.82, 2.24) is 10.6 Å². The third-order valence-corrected chi connectivity index (χ3v) is 3.95. The number of rotatable bonds is 4. The quantitative estimate of drug-likeness (QED) is 0.873. The highest BCUT2D eigenvalue weighted by Crippen LogP contribution is 2.46. The first-order valence-corrected chi connectivity index (χ1v) is 7.07. The van der Waals surface area contributed by atoms with Crippen molar-refractivity contribution in [1.29, 1.82) is 0 Å². The molecule has 2 aliphatic rings. The predicted octanol–water partition coefficient (Wildman–Crippen LogP) is 1.31. The van der Waals surface area contributed by atoms with Gasteiger partial charge in [0.1, 0.15) is 5.82 Å². The highest BCUT2D eigenvalue weighted by molar-refractivity contribution is 5.78. The van der Waals surface area contributed by atoms with Crippen LogP contribution in [0.4, 0.5) is 4.39 Å².